The second-order valence-corrected chi connectivity index (χ2v) is 11.9. The molecule has 3 aromatic rings. The number of aryl methyl sites for hydroxylation is 1. The summed E-state index contributed by atoms with van der Waals surface area (Å²) in [6, 6.07) is 22.8. The Balaban J connectivity index is 1.92. The minimum atomic E-state index is -0.693. The molecule has 0 saturated carbocycles. The highest BCUT2D eigenvalue weighted by molar-refractivity contribution is 6.42. The number of hydrogen-bond acceptors (Lipinski definition) is 2. The van der Waals surface area contributed by atoms with E-state index >= 15 is 0 Å². The van der Waals surface area contributed by atoms with Crippen LogP contribution in [0.4, 0.5) is 0 Å². The first-order chi connectivity index (χ1) is 17.9. The van der Waals surface area contributed by atoms with Crippen molar-refractivity contribution in [1.29, 1.82) is 0 Å². The normalized spacial score (nSPS) is 12.3. The van der Waals surface area contributed by atoms with E-state index in [1.165, 1.54) is 5.56 Å². The number of carbonyl (C=O) groups excluding carboxylic acids is 2. The van der Waals surface area contributed by atoms with E-state index in [4.69, 9.17) is 23.2 Å². The average molecular weight is 554 g/mol. The molecule has 4 nitrogen and oxygen atoms in total. The van der Waals surface area contributed by atoms with Gasteiger partial charge in [0.15, 0.2) is 0 Å². The van der Waals surface area contributed by atoms with E-state index in [-0.39, 0.29) is 24.8 Å². The fourth-order valence-electron chi connectivity index (χ4n) is 4.31. The quantitative estimate of drug-likeness (QED) is 0.281. The van der Waals surface area contributed by atoms with Gasteiger partial charge < -0.3 is 10.2 Å². The van der Waals surface area contributed by atoms with E-state index in [0.29, 0.717) is 28.8 Å². The highest BCUT2D eigenvalue weighted by Gasteiger charge is 2.32. The summed E-state index contributed by atoms with van der Waals surface area (Å²) in [6.45, 7) is 10.4. The Morgan fingerprint density at radius 2 is 1.47 bits per heavy atom. The standard InChI is InChI=1S/C32H38Cl2N2O2/c1-22(2)26-15-11-23(12-16-26)14-18-30(37)36(21-25-13-17-27(33)28(34)19-25)29(31(38)35-32(3,4)5)20-24-9-7-6-8-10-24/h6-13,15-17,19,22,29H,14,18,20-21H2,1-5H3,(H,35,38). The van der Waals surface area contributed by atoms with Gasteiger partial charge >= 0.3 is 0 Å². The van der Waals surface area contributed by atoms with Gasteiger partial charge in [0.25, 0.3) is 0 Å². The summed E-state index contributed by atoms with van der Waals surface area (Å²) in [5.41, 5.74) is 3.72. The first-order valence-electron chi connectivity index (χ1n) is 13.1. The maximum atomic E-state index is 13.8. The van der Waals surface area contributed by atoms with Crippen molar-refractivity contribution in [2.45, 2.75) is 77.9 Å². The van der Waals surface area contributed by atoms with Crippen molar-refractivity contribution in [3.05, 3.63) is 105 Å². The number of amides is 2. The van der Waals surface area contributed by atoms with Crippen molar-refractivity contribution in [2.24, 2.45) is 0 Å². The van der Waals surface area contributed by atoms with Crippen molar-refractivity contribution in [3.63, 3.8) is 0 Å². The number of benzene rings is 3. The van der Waals surface area contributed by atoms with E-state index in [1.54, 1.807) is 17.0 Å². The molecule has 0 spiro atoms. The summed E-state index contributed by atoms with van der Waals surface area (Å²) in [4.78, 5) is 29.2. The number of nitrogens with zero attached hydrogens (tertiary/aromatic N) is 1. The highest BCUT2D eigenvalue weighted by atomic mass is 35.5. The van der Waals surface area contributed by atoms with Crippen LogP contribution in [0.3, 0.4) is 0 Å². The zero-order valence-electron chi connectivity index (χ0n) is 22.9. The monoisotopic (exact) mass is 552 g/mol. The lowest BCUT2D eigenvalue weighted by Gasteiger charge is -2.34. The third-order valence-corrected chi connectivity index (χ3v) is 7.12. The van der Waals surface area contributed by atoms with Crippen molar-refractivity contribution < 1.29 is 9.59 Å². The zero-order chi connectivity index (χ0) is 27.9. The van der Waals surface area contributed by atoms with Crippen LogP contribution >= 0.6 is 23.2 Å². The Labute approximate surface area is 237 Å². The molecule has 3 aromatic carbocycles. The molecule has 0 aliphatic rings. The van der Waals surface area contributed by atoms with E-state index < -0.39 is 11.6 Å². The molecule has 0 heterocycles. The van der Waals surface area contributed by atoms with Crippen LogP contribution in [0, 0.1) is 0 Å². The van der Waals surface area contributed by atoms with Gasteiger partial charge in [0.2, 0.25) is 11.8 Å². The van der Waals surface area contributed by atoms with Crippen molar-refractivity contribution in [2.75, 3.05) is 0 Å². The number of hydrogen-bond donors (Lipinski definition) is 1. The second-order valence-electron chi connectivity index (χ2n) is 11.1. The summed E-state index contributed by atoms with van der Waals surface area (Å²) >= 11 is 12.4. The lowest BCUT2D eigenvalue weighted by atomic mass is 9.98. The highest BCUT2D eigenvalue weighted by Crippen LogP contribution is 2.25. The largest absolute Gasteiger partial charge is 0.350 e. The smallest absolute Gasteiger partial charge is 0.243 e. The number of nitrogens with one attached hydrogen (secondary N) is 1. The Bertz CT molecular complexity index is 1220. The molecule has 1 unspecified atom stereocenters. The van der Waals surface area contributed by atoms with E-state index in [9.17, 15) is 9.59 Å². The lowest BCUT2D eigenvalue weighted by molar-refractivity contribution is -0.141. The molecule has 202 valence electrons. The van der Waals surface area contributed by atoms with Crippen molar-refractivity contribution in [1.82, 2.24) is 10.2 Å². The number of rotatable bonds is 10. The summed E-state index contributed by atoms with van der Waals surface area (Å²) in [6.07, 6.45) is 1.28. The molecule has 0 fully saturated rings. The second kappa shape index (κ2) is 13.3. The maximum absolute atomic E-state index is 13.8. The van der Waals surface area contributed by atoms with Gasteiger partial charge in [-0.05, 0) is 67.5 Å². The van der Waals surface area contributed by atoms with Gasteiger partial charge in [-0.3, -0.25) is 9.59 Å². The molecule has 1 N–H and O–H groups in total. The van der Waals surface area contributed by atoms with Gasteiger partial charge in [-0.2, -0.15) is 0 Å². The summed E-state index contributed by atoms with van der Waals surface area (Å²) in [5, 5.41) is 3.96. The minimum Gasteiger partial charge on any atom is -0.350 e. The molecule has 1 atom stereocenters. The number of halogens is 2. The molecular formula is C32H38Cl2N2O2. The SMILES string of the molecule is CC(C)c1ccc(CCC(=O)N(Cc2ccc(Cl)c(Cl)c2)C(Cc2ccccc2)C(=O)NC(C)(C)C)cc1. The molecule has 0 aromatic heterocycles. The molecule has 3 rings (SSSR count). The molecule has 2 amide bonds. The van der Waals surface area contributed by atoms with Crippen LogP contribution < -0.4 is 5.32 Å². The van der Waals surface area contributed by atoms with Gasteiger partial charge in [0.1, 0.15) is 6.04 Å². The van der Waals surface area contributed by atoms with Gasteiger partial charge in [0, 0.05) is 24.9 Å². The number of carbonyl (C=O) groups is 2. The third kappa shape index (κ3) is 8.89. The fourth-order valence-corrected chi connectivity index (χ4v) is 4.63. The first kappa shape index (κ1) is 29.7. The van der Waals surface area contributed by atoms with Crippen LogP contribution in [-0.2, 0) is 29.0 Å². The zero-order valence-corrected chi connectivity index (χ0v) is 24.4. The molecule has 6 heteroatoms. The first-order valence-corrected chi connectivity index (χ1v) is 13.9. The maximum Gasteiger partial charge on any atom is 0.243 e. The molecule has 0 radical (unpaired) electrons. The van der Waals surface area contributed by atoms with Gasteiger partial charge in [-0.15, -0.1) is 0 Å². The molecule has 0 aliphatic carbocycles. The third-order valence-electron chi connectivity index (χ3n) is 6.38. The van der Waals surface area contributed by atoms with Crippen LogP contribution in [0.2, 0.25) is 10.0 Å². The summed E-state index contributed by atoms with van der Waals surface area (Å²) in [7, 11) is 0. The Kier molecular flexibility index (Phi) is 10.4. The van der Waals surface area contributed by atoms with E-state index in [0.717, 1.165) is 16.7 Å². The average Bonchev–Trinajstić information content (AvgIpc) is 2.86. The summed E-state index contributed by atoms with van der Waals surface area (Å²) < 4.78 is 0. The Morgan fingerprint density at radius 1 is 0.842 bits per heavy atom. The topological polar surface area (TPSA) is 49.4 Å². The fraction of sp³-hybridized carbons (Fsp3) is 0.375. The predicted molar refractivity (Wildman–Crippen MR) is 158 cm³/mol. The molecule has 0 saturated heterocycles. The molecule has 0 bridgehead atoms. The van der Waals surface area contributed by atoms with Crippen LogP contribution in [0.1, 0.15) is 69.2 Å². The molecular weight excluding hydrogens is 515 g/mol. The van der Waals surface area contributed by atoms with Crippen LogP contribution in [0.25, 0.3) is 0 Å². The minimum absolute atomic E-state index is 0.0889. The van der Waals surface area contributed by atoms with Gasteiger partial charge in [-0.1, -0.05) is 97.7 Å². The predicted octanol–water partition coefficient (Wildman–Crippen LogP) is 7.60. The van der Waals surface area contributed by atoms with Crippen molar-refractivity contribution >= 4 is 35.0 Å². The van der Waals surface area contributed by atoms with Crippen LogP contribution in [-0.4, -0.2) is 28.3 Å². The lowest BCUT2D eigenvalue weighted by Crippen LogP contribution is -2.54. The van der Waals surface area contributed by atoms with Crippen LogP contribution in [0.5, 0.6) is 0 Å². The van der Waals surface area contributed by atoms with E-state index in [1.807, 2.05) is 57.2 Å². The van der Waals surface area contributed by atoms with E-state index in [2.05, 4.69) is 43.4 Å². The molecule has 0 aliphatic heterocycles. The summed E-state index contributed by atoms with van der Waals surface area (Å²) in [5.74, 6) is 0.178. The van der Waals surface area contributed by atoms with Gasteiger partial charge in [0.05, 0.1) is 10.0 Å². The Hall–Kier alpha value is -2.82. The van der Waals surface area contributed by atoms with Crippen molar-refractivity contribution in [3.8, 4) is 0 Å². The van der Waals surface area contributed by atoms with Crippen LogP contribution in [0.15, 0.2) is 72.8 Å². The Morgan fingerprint density at radius 3 is 2.05 bits per heavy atom. The van der Waals surface area contributed by atoms with Gasteiger partial charge in [-0.25, -0.2) is 0 Å². The molecule has 38 heavy (non-hydrogen) atoms.